The van der Waals surface area contributed by atoms with Gasteiger partial charge in [0.05, 0.1) is 35.8 Å². The second-order valence-electron chi connectivity index (χ2n) is 6.77. The highest BCUT2D eigenvalue weighted by molar-refractivity contribution is 5.61. The Bertz CT molecular complexity index is 1010. The lowest BCUT2D eigenvalue weighted by Crippen LogP contribution is -1.99. The van der Waals surface area contributed by atoms with Gasteiger partial charge in [-0.1, -0.05) is 70.4 Å². The van der Waals surface area contributed by atoms with Gasteiger partial charge in [0.2, 0.25) is 0 Å². The molecule has 5 nitrogen and oxygen atoms in total. The molecule has 29 heavy (non-hydrogen) atoms. The predicted molar refractivity (Wildman–Crippen MR) is 121 cm³/mol. The van der Waals surface area contributed by atoms with Gasteiger partial charge in [0.25, 0.3) is 0 Å². The zero-order valence-corrected chi connectivity index (χ0v) is 18.6. The van der Waals surface area contributed by atoms with Gasteiger partial charge in [-0.25, -0.2) is 9.97 Å². The van der Waals surface area contributed by atoms with Crippen LogP contribution in [0.25, 0.3) is 17.0 Å². The van der Waals surface area contributed by atoms with E-state index in [4.69, 9.17) is 0 Å². The van der Waals surface area contributed by atoms with Crippen molar-refractivity contribution >= 4 is 5.65 Å². The van der Waals surface area contributed by atoms with E-state index >= 15 is 0 Å². The Morgan fingerprint density at radius 1 is 0.966 bits per heavy atom. The third-order valence-electron chi connectivity index (χ3n) is 4.53. The van der Waals surface area contributed by atoms with Gasteiger partial charge >= 0.3 is 0 Å². The number of rotatable bonds is 4. The summed E-state index contributed by atoms with van der Waals surface area (Å²) in [5.41, 5.74) is 6.43. The van der Waals surface area contributed by atoms with Crippen molar-refractivity contribution in [3.05, 3.63) is 72.2 Å². The molecule has 0 atom stereocenters. The van der Waals surface area contributed by atoms with Crippen LogP contribution in [0.1, 0.15) is 57.4 Å². The molecule has 0 aliphatic carbocycles. The molecule has 0 saturated heterocycles. The van der Waals surface area contributed by atoms with Crippen LogP contribution in [0, 0.1) is 6.92 Å². The van der Waals surface area contributed by atoms with Crippen LogP contribution in [0.15, 0.2) is 55.4 Å². The second kappa shape index (κ2) is 11.1. The third kappa shape index (κ3) is 5.53. The Balaban J connectivity index is 0.000000449. The number of hydrogen-bond donors (Lipinski definition) is 0. The summed E-state index contributed by atoms with van der Waals surface area (Å²) >= 11 is 0. The number of aryl methyl sites for hydroxylation is 2. The lowest BCUT2D eigenvalue weighted by atomic mass is 10.1. The fourth-order valence-corrected chi connectivity index (χ4v) is 2.91. The maximum atomic E-state index is 4.59. The summed E-state index contributed by atoms with van der Waals surface area (Å²) < 4.78 is 4.07. The Morgan fingerprint density at radius 3 is 2.34 bits per heavy atom. The summed E-state index contributed by atoms with van der Waals surface area (Å²) in [7, 11) is 1.98. The number of imidazole rings is 2. The molecule has 3 heterocycles. The van der Waals surface area contributed by atoms with Crippen LogP contribution in [0.3, 0.4) is 0 Å². The van der Waals surface area contributed by atoms with Gasteiger partial charge in [0.1, 0.15) is 0 Å². The van der Waals surface area contributed by atoms with Gasteiger partial charge in [-0.15, -0.1) is 0 Å². The summed E-state index contributed by atoms with van der Waals surface area (Å²) in [6.45, 7) is 10.5. The zero-order valence-electron chi connectivity index (χ0n) is 18.6. The van der Waals surface area contributed by atoms with Crippen LogP contribution < -0.4 is 0 Å². The van der Waals surface area contributed by atoms with Gasteiger partial charge in [0, 0.05) is 25.9 Å². The number of hydrogen-bond acceptors (Lipinski definition) is 3. The highest BCUT2D eigenvalue weighted by atomic mass is 15.1. The minimum atomic E-state index is 0.772. The molecule has 4 aromatic rings. The summed E-state index contributed by atoms with van der Waals surface area (Å²) in [5.74, 6) is 0. The first-order valence-corrected chi connectivity index (χ1v) is 10.5. The quantitative estimate of drug-likeness (QED) is 0.438. The molecule has 0 radical (unpaired) electrons. The van der Waals surface area contributed by atoms with Crippen molar-refractivity contribution < 1.29 is 0 Å². The summed E-state index contributed by atoms with van der Waals surface area (Å²) in [4.78, 5) is 13.3. The van der Waals surface area contributed by atoms with E-state index in [2.05, 4.69) is 64.4 Å². The fraction of sp³-hybridized carbons (Fsp3) is 0.375. The fourth-order valence-electron chi connectivity index (χ4n) is 2.91. The van der Waals surface area contributed by atoms with Crippen LogP contribution in [-0.2, 0) is 13.5 Å². The topological polar surface area (TPSA) is 48.0 Å². The molecule has 0 aliphatic rings. The van der Waals surface area contributed by atoms with Crippen LogP contribution in [0.4, 0.5) is 0 Å². The Hall–Kier alpha value is -2.95. The molecule has 0 bridgehead atoms. The van der Waals surface area contributed by atoms with E-state index in [1.54, 1.807) is 6.33 Å². The van der Waals surface area contributed by atoms with Crippen LogP contribution in [0.5, 0.6) is 0 Å². The van der Waals surface area contributed by atoms with Crippen LogP contribution in [-0.4, -0.2) is 23.9 Å². The SMILES string of the molecule is CC.CCCC.Cc1cccc(Cc2nccn3c(-c4cncn4C)cnc23)c1. The molecule has 0 unspecified atom stereocenters. The van der Waals surface area contributed by atoms with Crippen LogP contribution >= 0.6 is 0 Å². The Kier molecular flexibility index (Phi) is 8.59. The van der Waals surface area contributed by atoms with Crippen molar-refractivity contribution in [2.24, 2.45) is 7.05 Å². The molecule has 5 heteroatoms. The lowest BCUT2D eigenvalue weighted by Gasteiger charge is -2.06. The second-order valence-corrected chi connectivity index (χ2v) is 6.77. The summed E-state index contributed by atoms with van der Waals surface area (Å²) in [5, 5.41) is 0. The standard InChI is InChI=1S/C18H17N5.C4H10.C2H6/c1-13-4-3-5-14(8-13)9-15-18-21-11-17(23(18)7-6-20-15)16-10-19-12-22(16)2;1-3-4-2;1-2/h3-8,10-12H,9H2,1-2H3;3-4H2,1-2H3;1-2H3. The van der Waals surface area contributed by atoms with Gasteiger partial charge in [-0.3, -0.25) is 9.38 Å². The first kappa shape index (κ1) is 22.3. The highest BCUT2D eigenvalue weighted by Crippen LogP contribution is 2.22. The van der Waals surface area contributed by atoms with Crippen molar-refractivity contribution in [1.29, 1.82) is 0 Å². The normalized spacial score (nSPS) is 10.1. The minimum Gasteiger partial charge on any atom is -0.332 e. The summed E-state index contributed by atoms with van der Waals surface area (Å²) in [6, 6.07) is 8.50. The maximum Gasteiger partial charge on any atom is 0.159 e. The van der Waals surface area contributed by atoms with E-state index in [-0.39, 0.29) is 0 Å². The minimum absolute atomic E-state index is 0.772. The van der Waals surface area contributed by atoms with Crippen molar-refractivity contribution in [3.63, 3.8) is 0 Å². The molecule has 0 fully saturated rings. The maximum absolute atomic E-state index is 4.59. The predicted octanol–water partition coefficient (Wildman–Crippen LogP) is 5.86. The van der Waals surface area contributed by atoms with Crippen molar-refractivity contribution in [2.45, 2.75) is 53.9 Å². The zero-order chi connectivity index (χ0) is 21.2. The molecular formula is C24H33N5. The van der Waals surface area contributed by atoms with E-state index in [1.165, 1.54) is 24.0 Å². The molecule has 3 aromatic heterocycles. The molecule has 0 N–H and O–H groups in total. The van der Waals surface area contributed by atoms with E-state index < -0.39 is 0 Å². The largest absolute Gasteiger partial charge is 0.332 e. The van der Waals surface area contributed by atoms with Crippen LogP contribution in [0.2, 0.25) is 0 Å². The first-order chi connectivity index (χ1) is 14.1. The van der Waals surface area contributed by atoms with Gasteiger partial charge < -0.3 is 4.57 Å². The monoisotopic (exact) mass is 391 g/mol. The van der Waals surface area contributed by atoms with Gasteiger partial charge in [-0.2, -0.15) is 0 Å². The van der Waals surface area contributed by atoms with E-state index in [0.29, 0.717) is 0 Å². The summed E-state index contributed by atoms with van der Waals surface area (Å²) in [6.07, 6.45) is 12.7. The molecular weight excluding hydrogens is 358 g/mol. The average Bonchev–Trinajstić information content (AvgIpc) is 3.36. The van der Waals surface area contributed by atoms with Gasteiger partial charge in [-0.05, 0) is 12.5 Å². The van der Waals surface area contributed by atoms with Crippen molar-refractivity contribution in [2.75, 3.05) is 0 Å². The third-order valence-corrected chi connectivity index (χ3v) is 4.53. The number of fused-ring (bicyclic) bond motifs is 1. The number of aromatic nitrogens is 5. The average molecular weight is 392 g/mol. The Labute approximate surface area is 174 Å². The first-order valence-electron chi connectivity index (χ1n) is 10.5. The molecule has 0 saturated carbocycles. The number of benzene rings is 1. The number of unbranched alkanes of at least 4 members (excludes halogenated alkanes) is 1. The molecule has 0 aliphatic heterocycles. The molecule has 1 aromatic carbocycles. The van der Waals surface area contributed by atoms with Gasteiger partial charge in [0.15, 0.2) is 5.65 Å². The number of nitrogens with zero attached hydrogens (tertiary/aromatic N) is 5. The Morgan fingerprint density at radius 2 is 1.72 bits per heavy atom. The lowest BCUT2D eigenvalue weighted by molar-refractivity contribution is 0.886. The molecule has 0 amide bonds. The highest BCUT2D eigenvalue weighted by Gasteiger charge is 2.12. The van der Waals surface area contributed by atoms with E-state index in [9.17, 15) is 0 Å². The molecule has 154 valence electrons. The van der Waals surface area contributed by atoms with Crippen molar-refractivity contribution in [1.82, 2.24) is 23.9 Å². The smallest absolute Gasteiger partial charge is 0.159 e. The molecule has 0 spiro atoms. The van der Waals surface area contributed by atoms with E-state index in [1.807, 2.05) is 50.2 Å². The van der Waals surface area contributed by atoms with E-state index in [0.717, 1.165) is 29.1 Å². The van der Waals surface area contributed by atoms with Crippen molar-refractivity contribution in [3.8, 4) is 11.4 Å². The molecule has 4 rings (SSSR count).